The number of primary sulfonamides is 1. The molecule has 0 aliphatic rings. The van der Waals surface area contributed by atoms with Crippen LogP contribution in [0.15, 0.2) is 23.4 Å². The van der Waals surface area contributed by atoms with Crippen molar-refractivity contribution in [1.29, 1.82) is 0 Å². The zero-order chi connectivity index (χ0) is 12.6. The van der Waals surface area contributed by atoms with Gasteiger partial charge in [-0.15, -0.1) is 5.10 Å². The number of hydrogen-bond acceptors (Lipinski definition) is 5. The third-order valence-corrected chi connectivity index (χ3v) is 3.43. The Labute approximate surface area is 98.3 Å². The number of aromatic nitrogens is 4. The van der Waals surface area contributed by atoms with Gasteiger partial charge in [-0.1, -0.05) is 0 Å². The summed E-state index contributed by atoms with van der Waals surface area (Å²) in [6, 6.07) is 2.98. The molecular weight excluding hydrogens is 242 g/mol. The van der Waals surface area contributed by atoms with E-state index in [9.17, 15) is 8.42 Å². The van der Waals surface area contributed by atoms with Gasteiger partial charge in [0.05, 0.1) is 10.6 Å². The Morgan fingerprint density at radius 3 is 2.53 bits per heavy atom. The van der Waals surface area contributed by atoms with Crippen LogP contribution in [0.5, 0.6) is 0 Å². The molecule has 0 radical (unpaired) electrons. The largest absolute Gasteiger partial charge is 0.238 e. The molecule has 0 spiro atoms. The maximum atomic E-state index is 11.3. The van der Waals surface area contributed by atoms with Crippen LogP contribution in [0.1, 0.15) is 11.1 Å². The van der Waals surface area contributed by atoms with Crippen molar-refractivity contribution in [1.82, 2.24) is 20.2 Å². The van der Waals surface area contributed by atoms with Gasteiger partial charge in [0.1, 0.15) is 6.33 Å². The summed E-state index contributed by atoms with van der Waals surface area (Å²) < 4.78 is 24.1. The van der Waals surface area contributed by atoms with Crippen molar-refractivity contribution in [2.24, 2.45) is 5.14 Å². The lowest BCUT2D eigenvalue weighted by Crippen LogP contribution is -2.14. The van der Waals surface area contributed by atoms with Crippen molar-refractivity contribution in [2.75, 3.05) is 0 Å². The second-order valence-electron chi connectivity index (χ2n) is 3.68. The van der Waals surface area contributed by atoms with E-state index in [0.717, 1.165) is 11.1 Å². The lowest BCUT2D eigenvalue weighted by Gasteiger charge is -2.10. The molecule has 1 aromatic carbocycles. The van der Waals surface area contributed by atoms with Gasteiger partial charge >= 0.3 is 0 Å². The van der Waals surface area contributed by atoms with Crippen LogP contribution in [0.2, 0.25) is 0 Å². The highest BCUT2D eigenvalue weighted by molar-refractivity contribution is 7.89. The maximum absolute atomic E-state index is 11.3. The Morgan fingerprint density at radius 2 is 2.00 bits per heavy atom. The third-order valence-electron chi connectivity index (χ3n) is 2.54. The summed E-state index contributed by atoms with van der Waals surface area (Å²) in [7, 11) is -3.74. The molecule has 0 fully saturated rings. The fraction of sp³-hybridized carbons (Fsp3) is 0.222. The van der Waals surface area contributed by atoms with Crippen molar-refractivity contribution in [2.45, 2.75) is 18.7 Å². The molecule has 1 aromatic heterocycles. The number of benzene rings is 1. The van der Waals surface area contributed by atoms with Gasteiger partial charge in [0.15, 0.2) is 0 Å². The monoisotopic (exact) mass is 253 g/mol. The van der Waals surface area contributed by atoms with E-state index in [1.54, 1.807) is 6.92 Å². The summed E-state index contributed by atoms with van der Waals surface area (Å²) >= 11 is 0. The van der Waals surface area contributed by atoms with Crippen LogP contribution in [0.4, 0.5) is 0 Å². The molecule has 0 saturated heterocycles. The Balaban J connectivity index is 2.72. The summed E-state index contributed by atoms with van der Waals surface area (Å²) in [5.41, 5.74) is 2.30. The quantitative estimate of drug-likeness (QED) is 0.806. The average molecular weight is 253 g/mol. The van der Waals surface area contributed by atoms with Crippen LogP contribution in [0.25, 0.3) is 5.69 Å². The van der Waals surface area contributed by atoms with Crippen LogP contribution in [-0.4, -0.2) is 28.6 Å². The van der Waals surface area contributed by atoms with E-state index in [1.165, 1.54) is 23.1 Å². The molecule has 0 atom stereocenters. The van der Waals surface area contributed by atoms with E-state index >= 15 is 0 Å². The summed E-state index contributed by atoms with van der Waals surface area (Å²) in [4.78, 5) is 0.0473. The molecule has 0 bridgehead atoms. The first-order chi connectivity index (χ1) is 7.89. The van der Waals surface area contributed by atoms with Gasteiger partial charge < -0.3 is 0 Å². The van der Waals surface area contributed by atoms with E-state index in [-0.39, 0.29) is 4.90 Å². The van der Waals surface area contributed by atoms with Crippen LogP contribution >= 0.6 is 0 Å². The number of nitrogens with two attached hydrogens (primary N) is 1. The first-order valence-electron chi connectivity index (χ1n) is 4.77. The molecule has 7 nitrogen and oxygen atoms in total. The van der Waals surface area contributed by atoms with Crippen molar-refractivity contribution in [3.05, 3.63) is 29.6 Å². The van der Waals surface area contributed by atoms with E-state index < -0.39 is 10.0 Å². The SMILES string of the molecule is Cc1cc(S(N)(=O)=O)cc(-n2cnnn2)c1C. The van der Waals surface area contributed by atoms with Crippen LogP contribution < -0.4 is 5.14 Å². The maximum Gasteiger partial charge on any atom is 0.238 e. The Morgan fingerprint density at radius 1 is 1.29 bits per heavy atom. The minimum Gasteiger partial charge on any atom is -0.225 e. The topological polar surface area (TPSA) is 104 Å². The molecule has 1 heterocycles. The summed E-state index contributed by atoms with van der Waals surface area (Å²) in [6.45, 7) is 3.66. The van der Waals surface area contributed by atoms with Gasteiger partial charge in [0.2, 0.25) is 10.0 Å². The molecule has 2 rings (SSSR count). The fourth-order valence-corrected chi connectivity index (χ4v) is 2.10. The number of hydrogen-bond donors (Lipinski definition) is 1. The van der Waals surface area contributed by atoms with Gasteiger partial charge in [0, 0.05) is 0 Å². The van der Waals surface area contributed by atoms with Crippen molar-refractivity contribution >= 4 is 10.0 Å². The lowest BCUT2D eigenvalue weighted by molar-refractivity contribution is 0.597. The first kappa shape index (κ1) is 11.7. The number of tetrazole rings is 1. The van der Waals surface area contributed by atoms with Gasteiger partial charge in [-0.3, -0.25) is 0 Å². The summed E-state index contributed by atoms with van der Waals surface area (Å²) in [5.74, 6) is 0. The normalized spacial score (nSPS) is 11.7. The Kier molecular flexibility index (Phi) is 2.68. The van der Waals surface area contributed by atoms with Crippen LogP contribution in [-0.2, 0) is 10.0 Å². The molecule has 0 amide bonds. The van der Waals surface area contributed by atoms with E-state index in [4.69, 9.17) is 5.14 Å². The standard InChI is InChI=1S/C9H11N5O2S/c1-6-3-8(17(10,15)16)4-9(7(6)2)14-5-11-12-13-14/h3-5H,1-2H3,(H2,10,15,16). The number of nitrogens with zero attached hydrogens (tertiary/aromatic N) is 4. The van der Waals surface area contributed by atoms with Gasteiger partial charge in [-0.25, -0.2) is 18.2 Å². The predicted octanol–water partition coefficient (Wildman–Crippen LogP) is -0.0735. The van der Waals surface area contributed by atoms with Gasteiger partial charge in [-0.05, 0) is 47.5 Å². The number of rotatable bonds is 2. The molecular formula is C9H11N5O2S. The molecule has 0 saturated carbocycles. The minimum absolute atomic E-state index is 0.0473. The summed E-state index contributed by atoms with van der Waals surface area (Å²) in [6.07, 6.45) is 1.40. The van der Waals surface area contributed by atoms with E-state index in [0.29, 0.717) is 5.69 Å². The van der Waals surface area contributed by atoms with Crippen molar-refractivity contribution < 1.29 is 8.42 Å². The molecule has 8 heteroatoms. The van der Waals surface area contributed by atoms with E-state index in [2.05, 4.69) is 15.5 Å². The van der Waals surface area contributed by atoms with Gasteiger partial charge in [-0.2, -0.15) is 0 Å². The molecule has 0 aliphatic carbocycles. The van der Waals surface area contributed by atoms with Crippen molar-refractivity contribution in [3.63, 3.8) is 0 Å². The fourth-order valence-electron chi connectivity index (χ4n) is 1.48. The zero-order valence-corrected chi connectivity index (χ0v) is 10.1. The van der Waals surface area contributed by atoms with E-state index in [1.807, 2.05) is 6.92 Å². The highest BCUT2D eigenvalue weighted by atomic mass is 32.2. The second-order valence-corrected chi connectivity index (χ2v) is 5.25. The number of sulfonamides is 1. The molecule has 90 valence electrons. The third kappa shape index (κ3) is 2.17. The predicted molar refractivity (Wildman–Crippen MR) is 60.0 cm³/mol. The highest BCUT2D eigenvalue weighted by Gasteiger charge is 2.14. The minimum atomic E-state index is -3.74. The Hall–Kier alpha value is -1.80. The molecule has 0 aliphatic heterocycles. The first-order valence-corrected chi connectivity index (χ1v) is 6.31. The Bertz CT molecular complexity index is 648. The van der Waals surface area contributed by atoms with Gasteiger partial charge in [0.25, 0.3) is 0 Å². The molecule has 2 N–H and O–H groups in total. The lowest BCUT2D eigenvalue weighted by atomic mass is 10.1. The summed E-state index contributed by atoms with van der Waals surface area (Å²) in [5, 5.41) is 15.9. The van der Waals surface area contributed by atoms with Crippen LogP contribution in [0.3, 0.4) is 0 Å². The zero-order valence-electron chi connectivity index (χ0n) is 9.32. The smallest absolute Gasteiger partial charge is 0.225 e. The van der Waals surface area contributed by atoms with Crippen LogP contribution in [0, 0.1) is 13.8 Å². The molecule has 17 heavy (non-hydrogen) atoms. The van der Waals surface area contributed by atoms with Crippen molar-refractivity contribution in [3.8, 4) is 5.69 Å². The second kappa shape index (κ2) is 3.90. The molecule has 0 unspecified atom stereocenters. The average Bonchev–Trinajstić information content (AvgIpc) is 2.73. The highest BCUT2D eigenvalue weighted by Crippen LogP contribution is 2.21. The number of aryl methyl sites for hydroxylation is 1. The molecule has 2 aromatic rings.